The summed E-state index contributed by atoms with van der Waals surface area (Å²) in [5, 5.41) is 0. The van der Waals surface area contributed by atoms with Gasteiger partial charge in [-0.15, -0.1) is 0 Å². The van der Waals surface area contributed by atoms with Crippen molar-refractivity contribution in [2.24, 2.45) is 5.92 Å². The molecule has 1 fully saturated rings. The van der Waals surface area contributed by atoms with Crippen molar-refractivity contribution in [3.05, 3.63) is 24.0 Å². The number of hydrogen-bond donors (Lipinski definition) is 0. The number of aromatic nitrogens is 1. The van der Waals surface area contributed by atoms with Gasteiger partial charge in [0.1, 0.15) is 0 Å². The Labute approximate surface area is 108 Å². The molecule has 0 spiro atoms. The average molecular weight is 269 g/mol. The number of sulfone groups is 1. The predicted molar refractivity (Wildman–Crippen MR) is 70.4 cm³/mol. The summed E-state index contributed by atoms with van der Waals surface area (Å²) >= 11 is 0. The second-order valence-corrected chi connectivity index (χ2v) is 7.23. The lowest BCUT2D eigenvalue weighted by atomic mass is 10.1. The Hall–Kier alpha value is -1.10. The minimum atomic E-state index is -2.95. The summed E-state index contributed by atoms with van der Waals surface area (Å²) in [4.78, 5) is 11.8. The first-order valence-electron chi connectivity index (χ1n) is 6.42. The Morgan fingerprint density at radius 1 is 1.39 bits per heavy atom. The van der Waals surface area contributed by atoms with Crippen LogP contribution in [0.25, 0.3) is 0 Å². The standard InChI is InChI=1S/C13H19NO3S/c1-2-8-18(16,17)9-7-14-6-5-12(10-14)13(15)11-3-4-11/h5-6,10-11H,2-4,7-9H2,1H3. The van der Waals surface area contributed by atoms with Crippen molar-refractivity contribution in [1.29, 1.82) is 0 Å². The molecule has 1 saturated carbocycles. The van der Waals surface area contributed by atoms with Gasteiger partial charge in [-0.05, 0) is 25.3 Å². The van der Waals surface area contributed by atoms with E-state index in [-0.39, 0.29) is 23.2 Å². The number of rotatable bonds is 7. The Morgan fingerprint density at radius 3 is 2.72 bits per heavy atom. The van der Waals surface area contributed by atoms with Crippen molar-refractivity contribution in [3.8, 4) is 0 Å². The normalized spacial score (nSPS) is 15.8. The fraction of sp³-hybridized carbons (Fsp3) is 0.615. The molecule has 0 radical (unpaired) electrons. The van der Waals surface area contributed by atoms with Crippen molar-refractivity contribution in [2.75, 3.05) is 11.5 Å². The molecule has 0 saturated heterocycles. The lowest BCUT2D eigenvalue weighted by Crippen LogP contribution is -2.15. The van der Waals surface area contributed by atoms with Crippen LogP contribution in [0.2, 0.25) is 0 Å². The molecule has 1 aliphatic carbocycles. The van der Waals surface area contributed by atoms with Crippen LogP contribution in [-0.4, -0.2) is 30.3 Å². The van der Waals surface area contributed by atoms with Gasteiger partial charge in [0.25, 0.3) is 0 Å². The van der Waals surface area contributed by atoms with Crippen LogP contribution in [0.1, 0.15) is 36.5 Å². The third-order valence-corrected chi connectivity index (χ3v) is 4.99. The molecule has 2 rings (SSSR count). The number of ketones is 1. The minimum Gasteiger partial charge on any atom is -0.352 e. The van der Waals surface area contributed by atoms with Gasteiger partial charge in [0.2, 0.25) is 0 Å². The van der Waals surface area contributed by atoms with Crippen molar-refractivity contribution in [1.82, 2.24) is 4.57 Å². The van der Waals surface area contributed by atoms with E-state index in [2.05, 4.69) is 0 Å². The Balaban J connectivity index is 1.92. The zero-order chi connectivity index (χ0) is 13.2. The molecule has 0 aromatic carbocycles. The van der Waals surface area contributed by atoms with Gasteiger partial charge in [-0.3, -0.25) is 4.79 Å². The van der Waals surface area contributed by atoms with Gasteiger partial charge < -0.3 is 4.57 Å². The molecule has 5 heteroatoms. The molecule has 1 aromatic rings. The van der Waals surface area contributed by atoms with Crippen molar-refractivity contribution in [2.45, 2.75) is 32.7 Å². The number of nitrogens with zero attached hydrogens (tertiary/aromatic N) is 1. The van der Waals surface area contributed by atoms with Crippen LogP contribution in [0.15, 0.2) is 18.5 Å². The van der Waals surface area contributed by atoms with Crippen LogP contribution >= 0.6 is 0 Å². The van der Waals surface area contributed by atoms with Crippen LogP contribution < -0.4 is 0 Å². The third kappa shape index (κ3) is 3.45. The molecular formula is C13H19NO3S. The summed E-state index contributed by atoms with van der Waals surface area (Å²) in [6, 6.07) is 1.78. The Morgan fingerprint density at radius 2 is 2.11 bits per heavy atom. The van der Waals surface area contributed by atoms with E-state index in [1.807, 2.05) is 6.92 Å². The highest BCUT2D eigenvalue weighted by Crippen LogP contribution is 2.32. The second-order valence-electron chi connectivity index (χ2n) is 4.93. The van der Waals surface area contributed by atoms with Crippen LogP contribution in [0.4, 0.5) is 0 Å². The first kappa shape index (κ1) is 13.3. The topological polar surface area (TPSA) is 56.1 Å². The van der Waals surface area contributed by atoms with Crippen molar-refractivity contribution < 1.29 is 13.2 Å². The summed E-state index contributed by atoms with van der Waals surface area (Å²) in [6.45, 7) is 2.29. The molecule has 1 aliphatic rings. The zero-order valence-corrected chi connectivity index (χ0v) is 11.4. The summed E-state index contributed by atoms with van der Waals surface area (Å²) < 4.78 is 25.0. The first-order chi connectivity index (χ1) is 8.52. The molecule has 1 aromatic heterocycles. The highest BCUT2D eigenvalue weighted by atomic mass is 32.2. The maximum Gasteiger partial charge on any atom is 0.167 e. The first-order valence-corrected chi connectivity index (χ1v) is 8.24. The maximum atomic E-state index is 11.8. The average Bonchev–Trinajstić information content (AvgIpc) is 3.04. The SMILES string of the molecule is CCCS(=O)(=O)CCn1ccc(C(=O)C2CC2)c1. The van der Waals surface area contributed by atoms with E-state index >= 15 is 0 Å². The van der Waals surface area contributed by atoms with Crippen LogP contribution in [0, 0.1) is 5.92 Å². The van der Waals surface area contributed by atoms with Gasteiger partial charge in [-0.25, -0.2) is 8.42 Å². The second kappa shape index (κ2) is 5.26. The summed E-state index contributed by atoms with van der Waals surface area (Å²) in [5.74, 6) is 0.796. The summed E-state index contributed by atoms with van der Waals surface area (Å²) in [5.41, 5.74) is 0.713. The molecule has 0 aliphatic heterocycles. The van der Waals surface area contributed by atoms with E-state index in [9.17, 15) is 13.2 Å². The van der Waals surface area contributed by atoms with E-state index in [0.29, 0.717) is 18.5 Å². The van der Waals surface area contributed by atoms with Crippen molar-refractivity contribution in [3.63, 3.8) is 0 Å². The van der Waals surface area contributed by atoms with E-state index in [0.717, 1.165) is 12.8 Å². The molecule has 0 atom stereocenters. The number of carbonyl (C=O) groups excluding carboxylic acids is 1. The van der Waals surface area contributed by atoms with Gasteiger partial charge >= 0.3 is 0 Å². The maximum absolute atomic E-state index is 11.8. The van der Waals surface area contributed by atoms with Gasteiger partial charge in [-0.2, -0.15) is 0 Å². The zero-order valence-electron chi connectivity index (χ0n) is 10.6. The molecule has 100 valence electrons. The smallest absolute Gasteiger partial charge is 0.167 e. The number of carbonyl (C=O) groups is 1. The quantitative estimate of drug-likeness (QED) is 0.710. The molecule has 1 heterocycles. The Kier molecular flexibility index (Phi) is 3.90. The van der Waals surface area contributed by atoms with E-state index < -0.39 is 9.84 Å². The molecule has 0 bridgehead atoms. The Bertz CT molecular complexity index is 526. The number of hydrogen-bond acceptors (Lipinski definition) is 3. The lowest BCUT2D eigenvalue weighted by molar-refractivity contribution is 0.0967. The van der Waals surface area contributed by atoms with Crippen LogP contribution in [-0.2, 0) is 16.4 Å². The lowest BCUT2D eigenvalue weighted by Gasteiger charge is -2.03. The minimum absolute atomic E-state index is 0.145. The van der Waals surface area contributed by atoms with Gasteiger partial charge in [0, 0.05) is 36.2 Å². The molecular weight excluding hydrogens is 250 g/mol. The van der Waals surface area contributed by atoms with E-state index in [4.69, 9.17) is 0 Å². The molecule has 0 N–H and O–H groups in total. The van der Waals surface area contributed by atoms with Crippen LogP contribution in [0.3, 0.4) is 0 Å². The van der Waals surface area contributed by atoms with Gasteiger partial charge in [0.15, 0.2) is 15.6 Å². The van der Waals surface area contributed by atoms with E-state index in [1.54, 1.807) is 23.0 Å². The van der Waals surface area contributed by atoms with Crippen LogP contribution in [0.5, 0.6) is 0 Å². The van der Waals surface area contributed by atoms with Gasteiger partial charge in [0.05, 0.1) is 5.75 Å². The summed E-state index contributed by atoms with van der Waals surface area (Å²) in [7, 11) is -2.95. The summed E-state index contributed by atoms with van der Waals surface area (Å²) in [6.07, 6.45) is 6.20. The molecule has 0 unspecified atom stereocenters. The number of Topliss-reactive ketones (excluding diaryl/α,β-unsaturated/α-hetero) is 1. The monoisotopic (exact) mass is 269 g/mol. The molecule has 4 nitrogen and oxygen atoms in total. The highest BCUT2D eigenvalue weighted by Gasteiger charge is 2.30. The largest absolute Gasteiger partial charge is 0.352 e. The predicted octanol–water partition coefficient (Wildman–Crippen LogP) is 1.91. The third-order valence-electron chi connectivity index (χ3n) is 3.16. The number of aryl methyl sites for hydroxylation is 1. The fourth-order valence-electron chi connectivity index (χ4n) is 1.96. The molecule has 18 heavy (non-hydrogen) atoms. The van der Waals surface area contributed by atoms with E-state index in [1.165, 1.54) is 0 Å². The molecule has 0 amide bonds. The fourth-order valence-corrected chi connectivity index (χ4v) is 3.28. The highest BCUT2D eigenvalue weighted by molar-refractivity contribution is 7.91. The van der Waals surface area contributed by atoms with Gasteiger partial charge in [-0.1, -0.05) is 6.92 Å². The van der Waals surface area contributed by atoms with Crippen molar-refractivity contribution >= 4 is 15.6 Å².